The Balaban J connectivity index is 1.99. The summed E-state index contributed by atoms with van der Waals surface area (Å²) in [5.41, 5.74) is 0.288. The third kappa shape index (κ3) is 1.30. The number of aliphatic imine (C=N–C) groups is 1. The van der Waals surface area contributed by atoms with Crippen LogP contribution in [0.2, 0.25) is 0 Å². The quantitative estimate of drug-likeness (QED) is 0.759. The van der Waals surface area contributed by atoms with Crippen molar-refractivity contribution >= 4 is 11.6 Å². The molecule has 0 bridgehead atoms. The Morgan fingerprint density at radius 1 is 1.31 bits per heavy atom. The average Bonchev–Trinajstić information content (AvgIpc) is 2.84. The van der Waals surface area contributed by atoms with Gasteiger partial charge in [0.2, 0.25) is 5.96 Å². The predicted molar refractivity (Wildman–Crippen MR) is 63.4 cm³/mol. The summed E-state index contributed by atoms with van der Waals surface area (Å²) in [6.07, 6.45) is 0. The van der Waals surface area contributed by atoms with Crippen LogP contribution < -0.4 is 4.90 Å². The van der Waals surface area contributed by atoms with E-state index < -0.39 is 5.72 Å². The molecule has 4 nitrogen and oxygen atoms in total. The van der Waals surface area contributed by atoms with Crippen LogP contribution in [0.4, 0.5) is 5.69 Å². The van der Waals surface area contributed by atoms with Crippen molar-refractivity contribution in [2.45, 2.75) is 12.6 Å². The lowest BCUT2D eigenvalue weighted by molar-refractivity contribution is -0.0229. The van der Waals surface area contributed by atoms with Crippen LogP contribution in [0.3, 0.4) is 0 Å². The van der Waals surface area contributed by atoms with E-state index in [4.69, 9.17) is 0 Å². The Bertz CT molecular complexity index is 427. The summed E-state index contributed by atoms with van der Waals surface area (Å²) in [6, 6.07) is 10.1. The molecule has 0 radical (unpaired) electrons. The molecule has 1 N–H and O–H groups in total. The Hall–Kier alpha value is -1.55. The molecule has 1 fully saturated rings. The van der Waals surface area contributed by atoms with E-state index in [2.05, 4.69) is 9.89 Å². The summed E-state index contributed by atoms with van der Waals surface area (Å²) >= 11 is 0. The minimum atomic E-state index is -0.800. The molecule has 4 heteroatoms. The number of rotatable bonds is 1. The van der Waals surface area contributed by atoms with Crippen molar-refractivity contribution in [3.63, 3.8) is 0 Å². The first-order chi connectivity index (χ1) is 7.68. The third-order valence-electron chi connectivity index (χ3n) is 3.17. The molecule has 1 aromatic carbocycles. The van der Waals surface area contributed by atoms with Gasteiger partial charge in [0.1, 0.15) is 0 Å². The molecule has 2 heterocycles. The number of hydrogen-bond acceptors (Lipinski definition) is 4. The number of anilines is 1. The summed E-state index contributed by atoms with van der Waals surface area (Å²) in [5, 5.41) is 10.3. The van der Waals surface area contributed by atoms with Gasteiger partial charge in [-0.3, -0.25) is 4.99 Å². The number of nitrogens with zero attached hydrogens (tertiary/aromatic N) is 3. The van der Waals surface area contributed by atoms with Crippen LogP contribution in [-0.2, 0) is 0 Å². The van der Waals surface area contributed by atoms with Crippen molar-refractivity contribution in [2.75, 3.05) is 24.5 Å². The van der Waals surface area contributed by atoms with Crippen LogP contribution in [0.25, 0.3) is 0 Å². The van der Waals surface area contributed by atoms with Crippen molar-refractivity contribution in [3.8, 4) is 0 Å². The average molecular weight is 217 g/mol. The molecule has 0 spiro atoms. The van der Waals surface area contributed by atoms with E-state index in [1.165, 1.54) is 0 Å². The van der Waals surface area contributed by atoms with Gasteiger partial charge in [0.05, 0.1) is 13.1 Å². The molecule has 1 saturated heterocycles. The molecule has 3 rings (SSSR count). The lowest BCUT2D eigenvalue weighted by atomic mass is 10.2. The first kappa shape index (κ1) is 9.66. The molecular weight excluding hydrogens is 202 g/mol. The van der Waals surface area contributed by atoms with Gasteiger partial charge >= 0.3 is 0 Å². The van der Waals surface area contributed by atoms with Gasteiger partial charge in [0.25, 0.3) is 0 Å². The van der Waals surface area contributed by atoms with Crippen LogP contribution >= 0.6 is 0 Å². The molecule has 16 heavy (non-hydrogen) atoms. The minimum absolute atomic E-state index is 0.579. The van der Waals surface area contributed by atoms with Crippen LogP contribution in [0.5, 0.6) is 0 Å². The smallest absolute Gasteiger partial charge is 0.203 e. The molecule has 2 aliphatic heterocycles. The van der Waals surface area contributed by atoms with E-state index in [9.17, 15) is 5.11 Å². The molecule has 84 valence electrons. The second-order valence-corrected chi connectivity index (χ2v) is 4.47. The second kappa shape index (κ2) is 3.22. The van der Waals surface area contributed by atoms with Crippen LogP contribution in [-0.4, -0.2) is 41.3 Å². The summed E-state index contributed by atoms with van der Waals surface area (Å²) < 4.78 is 0. The summed E-state index contributed by atoms with van der Waals surface area (Å²) in [4.78, 5) is 8.51. The van der Waals surface area contributed by atoms with Gasteiger partial charge in [-0.2, -0.15) is 0 Å². The predicted octanol–water partition coefficient (Wildman–Crippen LogP) is 0.887. The Kier molecular flexibility index (Phi) is 1.94. The largest absolute Gasteiger partial charge is 0.369 e. The number of fused-ring (bicyclic) bond motifs is 1. The van der Waals surface area contributed by atoms with Gasteiger partial charge in [-0.1, -0.05) is 18.2 Å². The summed E-state index contributed by atoms with van der Waals surface area (Å²) in [5.74, 6) is 0.899. The maximum Gasteiger partial charge on any atom is 0.203 e. The Labute approximate surface area is 94.8 Å². The molecule has 0 amide bonds. The normalized spacial score (nSPS) is 28.2. The molecule has 0 aliphatic carbocycles. The first-order valence-corrected chi connectivity index (χ1v) is 5.55. The zero-order valence-electron chi connectivity index (χ0n) is 9.30. The van der Waals surface area contributed by atoms with E-state index >= 15 is 0 Å². The molecule has 2 aliphatic rings. The number of benzene rings is 1. The summed E-state index contributed by atoms with van der Waals surface area (Å²) in [6.45, 7) is 4.01. The second-order valence-electron chi connectivity index (χ2n) is 4.47. The van der Waals surface area contributed by atoms with Crippen molar-refractivity contribution in [1.29, 1.82) is 0 Å². The number of hydrogen-bond donors (Lipinski definition) is 1. The third-order valence-corrected chi connectivity index (χ3v) is 3.17. The van der Waals surface area contributed by atoms with E-state index in [1.54, 1.807) is 0 Å². The maximum absolute atomic E-state index is 10.3. The van der Waals surface area contributed by atoms with E-state index in [0.29, 0.717) is 6.54 Å². The van der Waals surface area contributed by atoms with Gasteiger partial charge in [-0.15, -0.1) is 0 Å². The zero-order valence-corrected chi connectivity index (χ0v) is 9.30. The zero-order chi connectivity index (χ0) is 11.2. The van der Waals surface area contributed by atoms with Crippen molar-refractivity contribution in [3.05, 3.63) is 30.3 Å². The number of β-amino-alcohol motifs (C(OH)–C–C–N with tert-alkyl or cyclic N) is 1. The monoisotopic (exact) mass is 217 g/mol. The van der Waals surface area contributed by atoms with Crippen LogP contribution in [0, 0.1) is 0 Å². The van der Waals surface area contributed by atoms with Crippen molar-refractivity contribution in [1.82, 2.24) is 4.90 Å². The van der Waals surface area contributed by atoms with Gasteiger partial charge in [-0.25, -0.2) is 0 Å². The Morgan fingerprint density at radius 3 is 2.81 bits per heavy atom. The van der Waals surface area contributed by atoms with Crippen molar-refractivity contribution in [2.24, 2.45) is 4.99 Å². The standard InChI is InChI=1S/C12H15N3O/c1-12(16)9-14(10-5-3-2-4-6-10)11-13-7-8-15(11)12/h2-6,16H,7-9H2,1H3. The fourth-order valence-corrected chi connectivity index (χ4v) is 2.39. The van der Waals surface area contributed by atoms with E-state index in [0.717, 1.165) is 24.7 Å². The fraction of sp³-hybridized carbons (Fsp3) is 0.417. The van der Waals surface area contributed by atoms with Gasteiger partial charge < -0.3 is 14.9 Å². The highest BCUT2D eigenvalue weighted by atomic mass is 16.3. The fourth-order valence-electron chi connectivity index (χ4n) is 2.39. The molecule has 0 aromatic heterocycles. The highest BCUT2D eigenvalue weighted by Crippen LogP contribution is 2.30. The molecular formula is C12H15N3O. The van der Waals surface area contributed by atoms with E-state index in [-0.39, 0.29) is 0 Å². The highest BCUT2D eigenvalue weighted by molar-refractivity contribution is 5.99. The number of aliphatic hydroxyl groups is 1. The first-order valence-electron chi connectivity index (χ1n) is 5.55. The maximum atomic E-state index is 10.3. The topological polar surface area (TPSA) is 39.1 Å². The van der Waals surface area contributed by atoms with E-state index in [1.807, 2.05) is 42.2 Å². The SMILES string of the molecule is CC1(O)CN(c2ccccc2)C2=NCCN21. The van der Waals surface area contributed by atoms with Crippen molar-refractivity contribution < 1.29 is 5.11 Å². The van der Waals surface area contributed by atoms with Gasteiger partial charge in [-0.05, 0) is 19.1 Å². The van der Waals surface area contributed by atoms with Crippen LogP contribution in [0.15, 0.2) is 35.3 Å². The lowest BCUT2D eigenvalue weighted by Gasteiger charge is -2.25. The van der Waals surface area contributed by atoms with Gasteiger partial charge in [0.15, 0.2) is 5.72 Å². The number of para-hydroxylation sites is 1. The number of guanidine groups is 1. The molecule has 1 atom stereocenters. The summed E-state index contributed by atoms with van der Waals surface area (Å²) in [7, 11) is 0. The minimum Gasteiger partial charge on any atom is -0.369 e. The molecule has 1 unspecified atom stereocenters. The Morgan fingerprint density at radius 2 is 2.06 bits per heavy atom. The highest BCUT2D eigenvalue weighted by Gasteiger charge is 2.45. The van der Waals surface area contributed by atoms with Gasteiger partial charge in [0, 0.05) is 12.2 Å². The lowest BCUT2D eigenvalue weighted by Crippen LogP contribution is -2.43. The van der Waals surface area contributed by atoms with Crippen LogP contribution in [0.1, 0.15) is 6.92 Å². The molecule has 0 saturated carbocycles. The molecule has 1 aromatic rings.